The molecule has 2 aliphatic rings. The molecule has 110 valence electrons. The molecular formula is C13H17FN2O4. The fourth-order valence-corrected chi connectivity index (χ4v) is 2.19. The summed E-state index contributed by atoms with van der Waals surface area (Å²) in [4.78, 5) is 39.0. The van der Waals surface area contributed by atoms with Crippen LogP contribution in [0.15, 0.2) is 12.2 Å². The molecule has 3 amide bonds. The van der Waals surface area contributed by atoms with E-state index in [4.69, 9.17) is 0 Å². The standard InChI is InChI=1S/C13H17FN2O4/c14-13(8-4-2-1-3-5-9-13)12(19)15-20-16-10(17)6-7-11(16)18/h4,8H,1-3,5-7,9H2,(H,15,19)/b8-4-. The summed E-state index contributed by atoms with van der Waals surface area (Å²) in [5.41, 5.74) is -0.298. The fraction of sp³-hybridized carbons (Fsp3) is 0.615. The lowest BCUT2D eigenvalue weighted by Crippen LogP contribution is -2.46. The molecule has 1 atom stereocenters. The molecule has 1 unspecified atom stereocenters. The van der Waals surface area contributed by atoms with Crippen LogP contribution in [0.2, 0.25) is 0 Å². The van der Waals surface area contributed by atoms with Gasteiger partial charge in [-0.05, 0) is 31.8 Å². The topological polar surface area (TPSA) is 75.7 Å². The predicted molar refractivity (Wildman–Crippen MR) is 66.4 cm³/mol. The molecule has 1 aliphatic carbocycles. The maximum Gasteiger partial charge on any atom is 0.287 e. The third-order valence-corrected chi connectivity index (χ3v) is 3.41. The maximum absolute atomic E-state index is 14.5. The third-order valence-electron chi connectivity index (χ3n) is 3.41. The van der Waals surface area contributed by atoms with E-state index >= 15 is 0 Å². The number of hydrogen-bond acceptors (Lipinski definition) is 4. The van der Waals surface area contributed by atoms with Crippen molar-refractivity contribution in [2.24, 2.45) is 0 Å². The maximum atomic E-state index is 14.5. The van der Waals surface area contributed by atoms with Crippen molar-refractivity contribution < 1.29 is 23.7 Å². The number of carbonyl (C=O) groups excluding carboxylic acids is 3. The summed E-state index contributed by atoms with van der Waals surface area (Å²) in [6, 6.07) is 0. The number of halogens is 1. The van der Waals surface area contributed by atoms with Gasteiger partial charge in [-0.15, -0.1) is 10.0 Å². The van der Waals surface area contributed by atoms with Crippen LogP contribution >= 0.6 is 0 Å². The van der Waals surface area contributed by atoms with Gasteiger partial charge in [-0.2, -0.15) is 0 Å². The Morgan fingerprint density at radius 1 is 1.25 bits per heavy atom. The Labute approximate surface area is 115 Å². The SMILES string of the molecule is O=C1CCC(=O)N1ONC(=O)C1(F)/C=C\CCCCC1. The summed E-state index contributed by atoms with van der Waals surface area (Å²) in [5, 5.41) is 0.466. The lowest BCUT2D eigenvalue weighted by atomic mass is 9.93. The van der Waals surface area contributed by atoms with Crippen molar-refractivity contribution in [2.75, 3.05) is 0 Å². The summed E-state index contributed by atoms with van der Waals surface area (Å²) in [7, 11) is 0. The molecule has 2 rings (SSSR count). The second-order valence-corrected chi connectivity index (χ2v) is 4.97. The van der Waals surface area contributed by atoms with E-state index in [1.807, 2.05) is 5.48 Å². The van der Waals surface area contributed by atoms with Gasteiger partial charge in [-0.1, -0.05) is 12.5 Å². The molecule has 0 saturated carbocycles. The van der Waals surface area contributed by atoms with Gasteiger partial charge in [0.05, 0.1) is 0 Å². The van der Waals surface area contributed by atoms with Gasteiger partial charge in [0.15, 0.2) is 0 Å². The highest BCUT2D eigenvalue weighted by molar-refractivity contribution is 6.00. The van der Waals surface area contributed by atoms with Crippen molar-refractivity contribution in [1.82, 2.24) is 10.5 Å². The molecule has 1 saturated heterocycles. The van der Waals surface area contributed by atoms with Crippen molar-refractivity contribution in [3.63, 3.8) is 0 Å². The number of allylic oxidation sites excluding steroid dienone is 1. The smallest absolute Gasteiger partial charge is 0.272 e. The minimum atomic E-state index is -2.16. The first-order valence-corrected chi connectivity index (χ1v) is 6.73. The number of nitrogens with zero attached hydrogens (tertiary/aromatic N) is 1. The number of nitrogens with one attached hydrogen (secondary N) is 1. The second-order valence-electron chi connectivity index (χ2n) is 4.97. The zero-order valence-corrected chi connectivity index (χ0v) is 11.1. The normalized spacial score (nSPS) is 28.9. The first-order valence-electron chi connectivity index (χ1n) is 6.73. The average molecular weight is 284 g/mol. The third kappa shape index (κ3) is 3.22. The number of hydroxylamine groups is 3. The number of amides is 3. The number of hydrogen-bond donors (Lipinski definition) is 1. The van der Waals surface area contributed by atoms with Crippen LogP contribution in [0.3, 0.4) is 0 Å². The van der Waals surface area contributed by atoms with Crippen molar-refractivity contribution in [2.45, 2.75) is 50.6 Å². The summed E-state index contributed by atoms with van der Waals surface area (Å²) in [6.45, 7) is 0. The van der Waals surface area contributed by atoms with Gasteiger partial charge in [-0.3, -0.25) is 14.4 Å². The van der Waals surface area contributed by atoms with E-state index in [2.05, 4.69) is 4.94 Å². The van der Waals surface area contributed by atoms with Crippen LogP contribution in [-0.2, 0) is 19.3 Å². The van der Waals surface area contributed by atoms with Gasteiger partial charge in [0.25, 0.3) is 17.7 Å². The van der Waals surface area contributed by atoms with Gasteiger partial charge in [0, 0.05) is 12.8 Å². The minimum Gasteiger partial charge on any atom is -0.272 e. The van der Waals surface area contributed by atoms with E-state index in [9.17, 15) is 18.8 Å². The van der Waals surface area contributed by atoms with Gasteiger partial charge in [0.1, 0.15) is 0 Å². The largest absolute Gasteiger partial charge is 0.287 e. The van der Waals surface area contributed by atoms with Crippen molar-refractivity contribution >= 4 is 17.7 Å². The molecule has 0 bridgehead atoms. The molecule has 1 N–H and O–H groups in total. The quantitative estimate of drug-likeness (QED) is 0.482. The molecule has 0 aromatic heterocycles. The molecule has 0 aromatic rings. The second kappa shape index (κ2) is 6.13. The Bertz CT molecular complexity index is 436. The summed E-state index contributed by atoms with van der Waals surface area (Å²) in [6.07, 6.45) is 6.13. The van der Waals surface area contributed by atoms with E-state index in [1.165, 1.54) is 6.08 Å². The lowest BCUT2D eigenvalue weighted by Gasteiger charge is -2.23. The van der Waals surface area contributed by atoms with Gasteiger partial charge >= 0.3 is 0 Å². The predicted octanol–water partition coefficient (Wildman–Crippen LogP) is 1.33. The molecule has 0 radical (unpaired) electrons. The zero-order chi connectivity index (χ0) is 14.6. The van der Waals surface area contributed by atoms with Crippen LogP contribution in [0.4, 0.5) is 4.39 Å². The highest BCUT2D eigenvalue weighted by Crippen LogP contribution is 2.25. The van der Waals surface area contributed by atoms with Crippen molar-refractivity contribution in [1.29, 1.82) is 0 Å². The number of carbonyl (C=O) groups is 3. The monoisotopic (exact) mass is 284 g/mol. The molecule has 20 heavy (non-hydrogen) atoms. The Morgan fingerprint density at radius 2 is 1.95 bits per heavy atom. The summed E-state index contributed by atoms with van der Waals surface area (Å²) in [5.74, 6) is -2.09. The van der Waals surface area contributed by atoms with E-state index < -0.39 is 23.4 Å². The first-order chi connectivity index (χ1) is 9.53. The van der Waals surface area contributed by atoms with E-state index in [0.29, 0.717) is 11.5 Å². The molecular weight excluding hydrogens is 267 g/mol. The van der Waals surface area contributed by atoms with E-state index in [-0.39, 0.29) is 19.3 Å². The molecule has 0 spiro atoms. The number of rotatable bonds is 3. The van der Waals surface area contributed by atoms with Crippen LogP contribution in [0.5, 0.6) is 0 Å². The van der Waals surface area contributed by atoms with Gasteiger partial charge < -0.3 is 0 Å². The molecule has 7 heteroatoms. The van der Waals surface area contributed by atoms with Crippen LogP contribution in [-0.4, -0.2) is 28.5 Å². The minimum absolute atomic E-state index is 0.0371. The zero-order valence-electron chi connectivity index (χ0n) is 11.1. The summed E-state index contributed by atoms with van der Waals surface area (Å²) < 4.78 is 14.5. The number of imide groups is 1. The fourth-order valence-electron chi connectivity index (χ4n) is 2.19. The highest BCUT2D eigenvalue weighted by Gasteiger charge is 2.38. The van der Waals surface area contributed by atoms with E-state index in [1.54, 1.807) is 6.08 Å². The average Bonchev–Trinajstić information content (AvgIpc) is 2.71. The van der Waals surface area contributed by atoms with Gasteiger partial charge in [0.2, 0.25) is 5.67 Å². The van der Waals surface area contributed by atoms with Crippen molar-refractivity contribution in [3.8, 4) is 0 Å². The van der Waals surface area contributed by atoms with Crippen LogP contribution in [0, 0.1) is 0 Å². The Kier molecular flexibility index (Phi) is 4.49. The molecule has 6 nitrogen and oxygen atoms in total. The van der Waals surface area contributed by atoms with Crippen LogP contribution in [0.25, 0.3) is 0 Å². The molecule has 1 fully saturated rings. The molecule has 1 aliphatic heterocycles. The lowest BCUT2D eigenvalue weighted by molar-refractivity contribution is -0.212. The molecule has 1 heterocycles. The number of alkyl halides is 1. The first kappa shape index (κ1) is 14.6. The van der Waals surface area contributed by atoms with Crippen molar-refractivity contribution in [3.05, 3.63) is 12.2 Å². The van der Waals surface area contributed by atoms with Crippen LogP contribution < -0.4 is 5.48 Å². The Hall–Kier alpha value is -1.76. The Balaban J connectivity index is 1.94. The summed E-state index contributed by atoms with van der Waals surface area (Å²) >= 11 is 0. The van der Waals surface area contributed by atoms with E-state index in [0.717, 1.165) is 19.3 Å². The Morgan fingerprint density at radius 3 is 2.65 bits per heavy atom. The highest BCUT2D eigenvalue weighted by atomic mass is 19.1. The van der Waals surface area contributed by atoms with Gasteiger partial charge in [-0.25, -0.2) is 9.87 Å². The van der Waals surface area contributed by atoms with Crippen LogP contribution in [0.1, 0.15) is 44.9 Å². The molecule has 0 aromatic carbocycles.